The van der Waals surface area contributed by atoms with Crippen molar-refractivity contribution in [2.75, 3.05) is 6.66 Å². The van der Waals surface area contributed by atoms with Crippen LogP contribution < -0.4 is 21.5 Å². The third-order valence-corrected chi connectivity index (χ3v) is 33.1. The average Bonchev–Trinajstić information content (AvgIpc) is 1.74. The van der Waals surface area contributed by atoms with Crippen molar-refractivity contribution in [2.24, 2.45) is 0 Å². The molecule has 139 heavy (non-hydrogen) atoms. The average molecular weight is 1890 g/mol. The van der Waals surface area contributed by atoms with E-state index < -0.39 is 7.14 Å². The zero-order valence-electron chi connectivity index (χ0n) is 83.7. The lowest BCUT2D eigenvalue weighted by Gasteiger charge is -2.23. The van der Waals surface area contributed by atoms with Crippen LogP contribution in [0.1, 0.15) is 106 Å². The molecule has 0 aliphatic carbocycles. The Labute approximate surface area is 829 Å². The van der Waals surface area contributed by atoms with Crippen LogP contribution in [0.5, 0.6) is 0 Å². The molecule has 10 heteroatoms. The van der Waals surface area contributed by atoms with Crippen LogP contribution >= 0.6 is 41.2 Å². The third kappa shape index (κ3) is 21.0. The van der Waals surface area contributed by atoms with Crippen LogP contribution in [0.3, 0.4) is 0 Å². The predicted molar refractivity (Wildman–Crippen MR) is 612 cm³/mol. The summed E-state index contributed by atoms with van der Waals surface area (Å²) in [6.07, 6.45) is 0. The standard InChI is InChI=1S/C19H25B.C19H25OP.4C13H10O.3C13H10S/c1-12-8-14(3)18(15(4)9-12)20(7)19-16(5)10-13(2)11-17(19)6;1-12-8-14(3)18(15(4)9-12)21(7,20)19-16(5)10-13(2)11-17(19)6;1-9-5-4-7-11-10-6-2-3-8-12(10)14-13(9)11;1-9-5-4-8-12-13(9)10-6-2-3-7-11(10)14-12;1-9-6-7-13-11(8-9)10-4-2-3-5-12(10)14-13;1-9-6-7-11-10-4-2-3-5-12(10)14-13(11)8-9;1-9-5-4-7-11-10-6-2-3-8-12(10)14-13(9)11;1-9-6-7-13-11(8-9)10-4-2-3-5-12(10)14-13;1-9-6-7-11-10-4-2-3-5-12(10)14-13(11)8-9/h8-11H,1-7H3;8-11H,1-7H3;7*2-8H,1H3. The second-order valence-corrected chi connectivity index (χ2v) is 43.8. The van der Waals surface area contributed by atoms with E-state index in [9.17, 15) is 4.57 Å². The molecule has 0 atom stereocenters. The molecule has 0 radical (unpaired) electrons. The number of hydrogen-bond donors (Lipinski definition) is 0. The molecule has 7 aromatic heterocycles. The molecule has 692 valence electrons. The quantitative estimate of drug-likeness (QED) is 0.130. The van der Waals surface area contributed by atoms with Gasteiger partial charge in [-0.15, -0.1) is 34.0 Å². The Balaban J connectivity index is 0.000000108. The van der Waals surface area contributed by atoms with Gasteiger partial charge in [0, 0.05) is 114 Å². The number of hydrogen-bond acceptors (Lipinski definition) is 8. The molecule has 0 aliphatic heterocycles. The lowest BCUT2D eigenvalue weighted by Crippen LogP contribution is -2.45. The Morgan fingerprint density at radius 1 is 0.209 bits per heavy atom. The Kier molecular flexibility index (Phi) is 29.1. The molecule has 25 rings (SSSR count). The van der Waals surface area contributed by atoms with Gasteiger partial charge in [0.2, 0.25) is 6.71 Å². The summed E-state index contributed by atoms with van der Waals surface area (Å²) < 4.78 is 45.0. The Morgan fingerprint density at radius 3 is 1.06 bits per heavy atom. The molecule has 25 aromatic rings. The fourth-order valence-corrected chi connectivity index (χ4v) is 27.4. The summed E-state index contributed by atoms with van der Waals surface area (Å²) in [6.45, 7) is 45.3. The molecule has 18 aromatic carbocycles. The van der Waals surface area contributed by atoms with Crippen molar-refractivity contribution >= 4 is 218 Å². The van der Waals surface area contributed by atoms with Crippen LogP contribution in [0, 0.1) is 132 Å². The van der Waals surface area contributed by atoms with Crippen molar-refractivity contribution < 1.29 is 22.2 Å². The number of furan rings is 4. The summed E-state index contributed by atoms with van der Waals surface area (Å²) in [4.78, 5) is 0. The molecule has 0 aliphatic rings. The van der Waals surface area contributed by atoms with E-state index in [1.807, 2.05) is 132 Å². The van der Waals surface area contributed by atoms with E-state index in [-0.39, 0.29) is 0 Å². The van der Waals surface area contributed by atoms with Gasteiger partial charge in [0.25, 0.3) is 0 Å². The highest BCUT2D eigenvalue weighted by Gasteiger charge is 2.29. The monoisotopic (exact) mass is 1890 g/mol. The first-order valence-electron chi connectivity index (χ1n) is 47.9. The van der Waals surface area contributed by atoms with E-state index in [2.05, 4.69) is 393 Å². The maximum Gasteiger partial charge on any atom is 0.207 e. The van der Waals surface area contributed by atoms with E-state index in [0.717, 1.165) is 77.5 Å². The summed E-state index contributed by atoms with van der Waals surface area (Å²) in [7, 11) is -2.59. The molecule has 0 spiro atoms. The number of thiophene rings is 3. The van der Waals surface area contributed by atoms with E-state index >= 15 is 0 Å². The molecule has 7 heterocycles. The second kappa shape index (κ2) is 41.8. The van der Waals surface area contributed by atoms with Gasteiger partial charge in [-0.1, -0.05) is 334 Å². The van der Waals surface area contributed by atoms with Gasteiger partial charge in [0.05, 0.1) is 0 Å². The maximum absolute atomic E-state index is 13.7. The summed E-state index contributed by atoms with van der Waals surface area (Å²) >= 11 is 5.63. The molecule has 0 bridgehead atoms. The van der Waals surface area contributed by atoms with E-state index in [1.54, 1.807) is 0 Å². The second-order valence-electron chi connectivity index (χ2n) is 37.8. The molecular weight excluding hydrogens is 1770 g/mol. The maximum atomic E-state index is 13.7. The first kappa shape index (κ1) is 96.8. The van der Waals surface area contributed by atoms with Crippen LogP contribution in [-0.2, 0) is 4.57 Å². The van der Waals surface area contributed by atoms with Crippen molar-refractivity contribution in [3.05, 3.63) is 451 Å². The van der Waals surface area contributed by atoms with Crippen LogP contribution in [-0.4, -0.2) is 13.4 Å². The first-order valence-corrected chi connectivity index (χ1v) is 52.5. The molecule has 0 amide bonds. The fourth-order valence-electron chi connectivity index (χ4n) is 20.8. The molecule has 0 unspecified atom stereocenters. The highest BCUT2D eigenvalue weighted by molar-refractivity contribution is 7.78. The van der Waals surface area contributed by atoms with E-state index in [0.29, 0.717) is 6.71 Å². The lowest BCUT2D eigenvalue weighted by molar-refractivity contribution is 0.590. The summed E-state index contributed by atoms with van der Waals surface area (Å²) in [5, 5.41) is 20.1. The van der Waals surface area contributed by atoms with Gasteiger partial charge in [-0.05, 0) is 273 Å². The molecule has 5 nitrogen and oxygen atoms in total. The van der Waals surface area contributed by atoms with Crippen molar-refractivity contribution in [3.8, 4) is 0 Å². The smallest absolute Gasteiger partial charge is 0.207 e. The van der Waals surface area contributed by atoms with Gasteiger partial charge in [0.15, 0.2) is 0 Å². The first-order chi connectivity index (χ1) is 66.9. The van der Waals surface area contributed by atoms with Crippen LogP contribution in [0.2, 0.25) is 6.82 Å². The lowest BCUT2D eigenvalue weighted by atomic mass is 9.39. The minimum absolute atomic E-state index is 0.455. The topological polar surface area (TPSA) is 69.6 Å². The summed E-state index contributed by atoms with van der Waals surface area (Å²) in [5.74, 6) is 0. The van der Waals surface area contributed by atoms with Crippen molar-refractivity contribution in [3.63, 3.8) is 0 Å². The fraction of sp³-hybridized carbons (Fsp3) is 0.163. The number of para-hydroxylation sites is 5. The Morgan fingerprint density at radius 2 is 0.525 bits per heavy atom. The Bertz CT molecular complexity index is 8330. The van der Waals surface area contributed by atoms with Gasteiger partial charge < -0.3 is 22.2 Å². The number of fused-ring (bicyclic) bond motifs is 21. The number of aryl methyl sites for hydroxylation is 19. The SMILES string of the molecule is CB(c1c(C)cc(C)cc1C)c1c(C)cc(C)cc1C.Cc1cc(C)c(P(C)(=O)c2c(C)cc(C)cc2C)c(C)c1.Cc1ccc2c(c1)oc1ccccc12.Cc1ccc2c(c1)sc1ccccc12.Cc1ccc2oc3ccccc3c2c1.Cc1ccc2sc3ccccc3c2c1.Cc1cccc2c1oc1ccccc12.Cc1cccc2c1sc1ccccc12.Cc1cccc2oc3ccccc3c12. The van der Waals surface area contributed by atoms with Gasteiger partial charge in [-0.2, -0.15) is 0 Å². The number of rotatable bonds is 4. The van der Waals surface area contributed by atoms with Gasteiger partial charge in [0.1, 0.15) is 51.8 Å². The zero-order valence-corrected chi connectivity index (χ0v) is 87.0. The van der Waals surface area contributed by atoms with Crippen LogP contribution in [0.15, 0.2) is 363 Å². The van der Waals surface area contributed by atoms with Crippen LogP contribution in [0.25, 0.3) is 148 Å². The Hall–Kier alpha value is -13.9. The largest absolute Gasteiger partial charge is 0.456 e. The van der Waals surface area contributed by atoms with E-state index in [4.69, 9.17) is 17.7 Å². The summed E-state index contributed by atoms with van der Waals surface area (Å²) in [6, 6.07) is 121. The summed E-state index contributed by atoms with van der Waals surface area (Å²) in [5.41, 5.74) is 35.2. The highest BCUT2D eigenvalue weighted by Crippen LogP contribution is 2.45. The molecule has 0 fully saturated rings. The third-order valence-electron chi connectivity index (χ3n) is 26.4. The van der Waals surface area contributed by atoms with Crippen molar-refractivity contribution in [1.82, 2.24) is 0 Å². The normalized spacial score (nSPS) is 11.2. The van der Waals surface area contributed by atoms with Gasteiger partial charge in [-0.3, -0.25) is 0 Å². The number of benzene rings is 18. The predicted octanol–water partition coefficient (Wildman–Crippen LogP) is 36.9. The molecule has 0 saturated carbocycles. The highest BCUT2D eigenvalue weighted by atomic mass is 32.1. The van der Waals surface area contributed by atoms with Crippen molar-refractivity contribution in [2.45, 2.75) is 138 Å². The molecular formula is C129H120BO5PS3. The minimum Gasteiger partial charge on any atom is -0.456 e. The zero-order chi connectivity index (χ0) is 97.8. The van der Waals surface area contributed by atoms with Crippen molar-refractivity contribution in [1.29, 1.82) is 0 Å². The van der Waals surface area contributed by atoms with Crippen LogP contribution in [0.4, 0.5) is 0 Å². The van der Waals surface area contributed by atoms with Gasteiger partial charge >= 0.3 is 0 Å². The van der Waals surface area contributed by atoms with Gasteiger partial charge in [-0.25, -0.2) is 0 Å². The molecule has 0 N–H and O–H groups in total. The van der Waals surface area contributed by atoms with E-state index in [1.165, 1.54) is 198 Å². The minimum atomic E-state index is -2.59. The molecule has 0 saturated heterocycles.